The predicted molar refractivity (Wildman–Crippen MR) is 83.0 cm³/mol. The number of methoxy groups -OCH3 is 1. The highest BCUT2D eigenvalue weighted by Gasteiger charge is 2.28. The van der Waals surface area contributed by atoms with E-state index in [0.717, 1.165) is 25.1 Å². The molecule has 0 saturated carbocycles. The van der Waals surface area contributed by atoms with Gasteiger partial charge in [-0.25, -0.2) is 0 Å². The summed E-state index contributed by atoms with van der Waals surface area (Å²) in [7, 11) is 1.60. The number of amides is 1. The van der Waals surface area contributed by atoms with E-state index in [1.165, 1.54) is 0 Å². The second kappa shape index (κ2) is 6.67. The first-order chi connectivity index (χ1) is 9.60. The van der Waals surface area contributed by atoms with Crippen LogP contribution in [0.3, 0.4) is 0 Å². The number of rotatable bonds is 5. The van der Waals surface area contributed by atoms with Gasteiger partial charge < -0.3 is 15.8 Å². The molecular formula is C14H19N3O2S. The van der Waals surface area contributed by atoms with E-state index in [1.807, 2.05) is 23.1 Å². The SMILES string of the molecule is COc1cccc(NC(=O)CN2CCCC2C(N)=S)c1. The van der Waals surface area contributed by atoms with Crippen molar-refractivity contribution in [3.05, 3.63) is 24.3 Å². The third kappa shape index (κ3) is 3.68. The minimum Gasteiger partial charge on any atom is -0.497 e. The Hall–Kier alpha value is -1.66. The van der Waals surface area contributed by atoms with E-state index in [9.17, 15) is 4.79 Å². The molecule has 0 aliphatic carbocycles. The Morgan fingerprint density at radius 2 is 2.40 bits per heavy atom. The summed E-state index contributed by atoms with van der Waals surface area (Å²) in [5.74, 6) is 0.645. The zero-order valence-corrected chi connectivity index (χ0v) is 12.3. The average Bonchev–Trinajstić information content (AvgIpc) is 2.87. The van der Waals surface area contributed by atoms with Gasteiger partial charge in [-0.2, -0.15) is 0 Å². The van der Waals surface area contributed by atoms with Gasteiger partial charge in [-0.05, 0) is 31.5 Å². The van der Waals surface area contributed by atoms with Crippen molar-refractivity contribution in [2.24, 2.45) is 5.73 Å². The number of thiocarbonyl (C=S) groups is 1. The summed E-state index contributed by atoms with van der Waals surface area (Å²) < 4.78 is 5.12. The number of carbonyl (C=O) groups is 1. The Bertz CT molecular complexity index is 507. The molecule has 2 rings (SSSR count). The number of likely N-dealkylation sites (tertiary alicyclic amines) is 1. The van der Waals surface area contributed by atoms with Gasteiger partial charge in [0, 0.05) is 11.8 Å². The lowest BCUT2D eigenvalue weighted by molar-refractivity contribution is -0.117. The fourth-order valence-corrected chi connectivity index (χ4v) is 2.69. The maximum atomic E-state index is 12.1. The normalized spacial score (nSPS) is 18.8. The van der Waals surface area contributed by atoms with Gasteiger partial charge in [0.15, 0.2) is 0 Å². The molecular weight excluding hydrogens is 274 g/mol. The molecule has 0 bridgehead atoms. The van der Waals surface area contributed by atoms with Crippen molar-refractivity contribution in [1.82, 2.24) is 4.90 Å². The number of hydrogen-bond donors (Lipinski definition) is 2. The molecule has 1 heterocycles. The first kappa shape index (κ1) is 14.7. The van der Waals surface area contributed by atoms with Gasteiger partial charge in [0.25, 0.3) is 0 Å². The van der Waals surface area contributed by atoms with Gasteiger partial charge >= 0.3 is 0 Å². The summed E-state index contributed by atoms with van der Waals surface area (Å²) in [6, 6.07) is 7.32. The Balaban J connectivity index is 1.93. The van der Waals surface area contributed by atoms with Crippen molar-refractivity contribution in [2.75, 3.05) is 25.5 Å². The highest BCUT2D eigenvalue weighted by Crippen LogP contribution is 2.19. The number of anilines is 1. The van der Waals surface area contributed by atoms with Crippen molar-refractivity contribution in [2.45, 2.75) is 18.9 Å². The molecule has 1 aromatic rings. The summed E-state index contributed by atoms with van der Waals surface area (Å²) >= 11 is 5.04. The van der Waals surface area contributed by atoms with Crippen LogP contribution in [0.25, 0.3) is 0 Å². The molecule has 1 unspecified atom stereocenters. The standard InChI is InChI=1S/C14H19N3O2S/c1-19-11-5-2-4-10(8-11)16-13(18)9-17-7-3-6-12(17)14(15)20/h2,4-5,8,12H,3,6-7,9H2,1H3,(H2,15,20)(H,16,18). The maximum Gasteiger partial charge on any atom is 0.238 e. The Morgan fingerprint density at radius 3 is 3.10 bits per heavy atom. The van der Waals surface area contributed by atoms with Gasteiger partial charge in [-0.15, -0.1) is 0 Å². The predicted octanol–water partition coefficient (Wildman–Crippen LogP) is 1.38. The molecule has 20 heavy (non-hydrogen) atoms. The molecule has 5 nitrogen and oxygen atoms in total. The van der Waals surface area contributed by atoms with E-state index in [-0.39, 0.29) is 11.9 Å². The number of nitrogens with two attached hydrogens (primary N) is 1. The number of nitrogens with one attached hydrogen (secondary N) is 1. The van der Waals surface area contributed by atoms with Gasteiger partial charge in [0.05, 0.1) is 24.7 Å². The molecule has 1 aromatic carbocycles. The molecule has 3 N–H and O–H groups in total. The summed E-state index contributed by atoms with van der Waals surface area (Å²) in [6.45, 7) is 1.16. The molecule has 0 aromatic heterocycles. The van der Waals surface area contributed by atoms with Crippen LogP contribution in [0, 0.1) is 0 Å². The molecule has 1 aliphatic heterocycles. The van der Waals surface area contributed by atoms with E-state index in [4.69, 9.17) is 22.7 Å². The van der Waals surface area contributed by atoms with Crippen LogP contribution in [-0.2, 0) is 4.79 Å². The molecule has 1 aliphatic rings. The lowest BCUT2D eigenvalue weighted by Gasteiger charge is -2.22. The van der Waals surface area contributed by atoms with Crippen LogP contribution < -0.4 is 15.8 Å². The lowest BCUT2D eigenvalue weighted by Crippen LogP contribution is -2.43. The number of nitrogens with zero attached hydrogens (tertiary/aromatic N) is 1. The van der Waals surface area contributed by atoms with Crippen LogP contribution in [0.2, 0.25) is 0 Å². The monoisotopic (exact) mass is 293 g/mol. The first-order valence-electron chi connectivity index (χ1n) is 6.57. The van der Waals surface area contributed by atoms with Crippen molar-refractivity contribution < 1.29 is 9.53 Å². The van der Waals surface area contributed by atoms with E-state index < -0.39 is 0 Å². The molecule has 6 heteroatoms. The van der Waals surface area contributed by atoms with Crippen LogP contribution in [0.5, 0.6) is 5.75 Å². The van der Waals surface area contributed by atoms with Gasteiger partial charge in [0.1, 0.15) is 5.75 Å². The summed E-state index contributed by atoms with van der Waals surface area (Å²) in [4.78, 5) is 14.6. The summed E-state index contributed by atoms with van der Waals surface area (Å²) in [6.07, 6.45) is 1.95. The quantitative estimate of drug-likeness (QED) is 0.803. The molecule has 108 valence electrons. The van der Waals surface area contributed by atoms with Gasteiger partial charge in [-0.3, -0.25) is 9.69 Å². The highest BCUT2D eigenvalue weighted by atomic mass is 32.1. The highest BCUT2D eigenvalue weighted by molar-refractivity contribution is 7.80. The van der Waals surface area contributed by atoms with E-state index in [1.54, 1.807) is 13.2 Å². The number of benzene rings is 1. The Morgan fingerprint density at radius 1 is 1.60 bits per heavy atom. The average molecular weight is 293 g/mol. The fourth-order valence-electron chi connectivity index (χ4n) is 2.42. The largest absolute Gasteiger partial charge is 0.497 e. The van der Waals surface area contributed by atoms with Crippen molar-refractivity contribution in [1.29, 1.82) is 0 Å². The number of ether oxygens (including phenoxy) is 1. The van der Waals surface area contributed by atoms with Crippen LogP contribution in [0.4, 0.5) is 5.69 Å². The smallest absolute Gasteiger partial charge is 0.238 e. The Labute approximate surface area is 124 Å². The maximum absolute atomic E-state index is 12.1. The topological polar surface area (TPSA) is 67.6 Å². The zero-order chi connectivity index (χ0) is 14.5. The minimum absolute atomic E-state index is 0.0426. The van der Waals surface area contributed by atoms with Crippen LogP contribution in [0.15, 0.2) is 24.3 Å². The minimum atomic E-state index is -0.0681. The Kier molecular flexibility index (Phi) is 4.92. The lowest BCUT2D eigenvalue weighted by atomic mass is 10.2. The van der Waals surface area contributed by atoms with E-state index >= 15 is 0 Å². The van der Waals surface area contributed by atoms with Crippen LogP contribution >= 0.6 is 12.2 Å². The summed E-state index contributed by atoms with van der Waals surface area (Å²) in [5.41, 5.74) is 6.42. The number of hydrogen-bond acceptors (Lipinski definition) is 4. The molecule has 1 saturated heterocycles. The first-order valence-corrected chi connectivity index (χ1v) is 6.98. The third-order valence-corrected chi connectivity index (χ3v) is 3.66. The van der Waals surface area contributed by atoms with Gasteiger partial charge in [-0.1, -0.05) is 18.3 Å². The fraction of sp³-hybridized carbons (Fsp3) is 0.429. The zero-order valence-electron chi connectivity index (χ0n) is 11.5. The molecule has 0 radical (unpaired) electrons. The molecule has 1 amide bonds. The number of carbonyl (C=O) groups excluding carboxylic acids is 1. The molecule has 0 spiro atoms. The summed E-state index contributed by atoms with van der Waals surface area (Å²) in [5, 5.41) is 2.86. The van der Waals surface area contributed by atoms with Crippen LogP contribution in [0.1, 0.15) is 12.8 Å². The molecule has 1 atom stereocenters. The third-order valence-electron chi connectivity index (χ3n) is 3.39. The van der Waals surface area contributed by atoms with Gasteiger partial charge in [0.2, 0.25) is 5.91 Å². The van der Waals surface area contributed by atoms with E-state index in [0.29, 0.717) is 17.3 Å². The molecule has 1 fully saturated rings. The van der Waals surface area contributed by atoms with Crippen molar-refractivity contribution in [3.63, 3.8) is 0 Å². The van der Waals surface area contributed by atoms with Crippen molar-refractivity contribution in [3.8, 4) is 5.75 Å². The van der Waals surface area contributed by atoms with E-state index in [2.05, 4.69) is 5.32 Å². The second-order valence-electron chi connectivity index (χ2n) is 4.81. The van der Waals surface area contributed by atoms with Crippen molar-refractivity contribution >= 4 is 28.8 Å². The van der Waals surface area contributed by atoms with Crippen LogP contribution in [-0.4, -0.2) is 42.0 Å². The second-order valence-corrected chi connectivity index (χ2v) is 5.28.